The van der Waals surface area contributed by atoms with Crippen LogP contribution in [0.3, 0.4) is 0 Å². The van der Waals surface area contributed by atoms with Crippen molar-refractivity contribution in [3.63, 3.8) is 0 Å². The second kappa shape index (κ2) is 5.27. The van der Waals surface area contributed by atoms with Gasteiger partial charge in [-0.1, -0.05) is 41.2 Å². The van der Waals surface area contributed by atoms with Crippen LogP contribution in [-0.4, -0.2) is 9.59 Å². The van der Waals surface area contributed by atoms with Gasteiger partial charge in [-0.05, 0) is 18.1 Å². The van der Waals surface area contributed by atoms with E-state index in [2.05, 4.69) is 22.6 Å². The molecule has 0 fully saturated rings. The van der Waals surface area contributed by atoms with Gasteiger partial charge in [0.2, 0.25) is 0 Å². The molecule has 0 bridgehead atoms. The highest BCUT2D eigenvalue weighted by Crippen LogP contribution is 2.22. The fourth-order valence-corrected chi connectivity index (χ4v) is 1.97. The van der Waals surface area contributed by atoms with E-state index in [0.717, 1.165) is 12.2 Å². The Balaban J connectivity index is 2.07. The van der Waals surface area contributed by atoms with Crippen LogP contribution in [0.4, 0.5) is 0 Å². The molecule has 0 amide bonds. The Morgan fingerprint density at radius 1 is 1.38 bits per heavy atom. The molecule has 1 aromatic heterocycles. The third-order valence-electron chi connectivity index (χ3n) is 2.23. The summed E-state index contributed by atoms with van der Waals surface area (Å²) in [6.45, 7) is 2.46. The van der Waals surface area contributed by atoms with Gasteiger partial charge in [-0.3, -0.25) is 0 Å². The van der Waals surface area contributed by atoms with Crippen molar-refractivity contribution in [2.45, 2.75) is 20.0 Å². The number of benzene rings is 1. The van der Waals surface area contributed by atoms with Crippen LogP contribution in [0.1, 0.15) is 18.2 Å². The van der Waals surface area contributed by atoms with E-state index in [1.54, 1.807) is 0 Å². The van der Waals surface area contributed by atoms with Crippen LogP contribution >= 0.6 is 23.1 Å². The lowest BCUT2D eigenvalue weighted by molar-refractivity contribution is 0.298. The van der Waals surface area contributed by atoms with E-state index in [0.29, 0.717) is 16.6 Å². The number of halogens is 1. The number of aromatic nitrogens is 2. The average molecular weight is 255 g/mol. The first kappa shape index (κ1) is 11.4. The Kier molecular flexibility index (Phi) is 3.74. The Hall–Kier alpha value is -1.13. The topological polar surface area (TPSA) is 35.0 Å². The molecule has 0 spiro atoms. The van der Waals surface area contributed by atoms with E-state index >= 15 is 0 Å². The Morgan fingerprint density at radius 3 is 2.88 bits per heavy atom. The van der Waals surface area contributed by atoms with E-state index in [1.807, 2.05) is 18.2 Å². The lowest BCUT2D eigenvalue weighted by atomic mass is 10.1. The fraction of sp³-hybridized carbons (Fsp3) is 0.273. The van der Waals surface area contributed by atoms with Crippen molar-refractivity contribution in [1.29, 1.82) is 0 Å². The maximum Gasteiger partial charge on any atom is 0.141 e. The second-order valence-electron chi connectivity index (χ2n) is 3.24. The lowest BCUT2D eigenvalue weighted by Gasteiger charge is -2.08. The maximum absolute atomic E-state index is 5.89. The van der Waals surface area contributed by atoms with Crippen molar-refractivity contribution >= 4 is 23.1 Å². The summed E-state index contributed by atoms with van der Waals surface area (Å²) >= 11 is 7.07. The summed E-state index contributed by atoms with van der Waals surface area (Å²) in [5, 5.41) is 3.90. The van der Waals surface area contributed by atoms with Gasteiger partial charge in [-0.2, -0.15) is 0 Å². The smallest absolute Gasteiger partial charge is 0.141 e. The van der Waals surface area contributed by atoms with E-state index in [-0.39, 0.29) is 0 Å². The minimum atomic E-state index is 0.367. The molecule has 0 radical (unpaired) electrons. The number of hydrogen-bond acceptors (Lipinski definition) is 4. The molecular formula is C11H11ClN2OS. The first-order chi connectivity index (χ1) is 7.81. The van der Waals surface area contributed by atoms with Crippen molar-refractivity contribution < 1.29 is 4.74 Å². The van der Waals surface area contributed by atoms with Gasteiger partial charge in [0.25, 0.3) is 0 Å². The van der Waals surface area contributed by atoms with Crippen molar-refractivity contribution in [2.24, 2.45) is 0 Å². The van der Waals surface area contributed by atoms with Gasteiger partial charge in [0.1, 0.15) is 22.4 Å². The van der Waals surface area contributed by atoms with E-state index in [9.17, 15) is 0 Å². The number of para-hydroxylation sites is 1. The van der Waals surface area contributed by atoms with E-state index in [1.165, 1.54) is 17.1 Å². The Bertz CT molecular complexity index is 473. The summed E-state index contributed by atoms with van der Waals surface area (Å²) in [4.78, 5) is 0. The van der Waals surface area contributed by atoms with Crippen molar-refractivity contribution in [3.8, 4) is 5.75 Å². The van der Waals surface area contributed by atoms with Gasteiger partial charge >= 0.3 is 0 Å². The zero-order valence-corrected chi connectivity index (χ0v) is 10.4. The molecule has 2 rings (SSSR count). The van der Waals surface area contributed by atoms with Crippen LogP contribution in [0, 0.1) is 0 Å². The van der Waals surface area contributed by atoms with Crippen LogP contribution in [-0.2, 0) is 13.0 Å². The predicted octanol–water partition coefficient (Wildman–Crippen LogP) is 3.33. The SMILES string of the molecule is CCc1ccccc1OCc1nnsc1Cl. The van der Waals surface area contributed by atoms with Gasteiger partial charge in [-0.25, -0.2) is 0 Å². The zero-order valence-electron chi connectivity index (χ0n) is 8.81. The van der Waals surface area contributed by atoms with Crippen LogP contribution in [0.5, 0.6) is 5.75 Å². The third-order valence-corrected chi connectivity index (χ3v) is 3.21. The van der Waals surface area contributed by atoms with Gasteiger partial charge < -0.3 is 4.74 Å². The molecule has 0 aliphatic heterocycles. The molecule has 5 heteroatoms. The second-order valence-corrected chi connectivity index (χ2v) is 4.60. The number of hydrogen-bond donors (Lipinski definition) is 0. The molecular weight excluding hydrogens is 244 g/mol. The summed E-state index contributed by atoms with van der Waals surface area (Å²) in [6, 6.07) is 7.96. The number of rotatable bonds is 4. The van der Waals surface area contributed by atoms with Gasteiger partial charge in [0.15, 0.2) is 0 Å². The highest BCUT2D eigenvalue weighted by atomic mass is 35.5. The van der Waals surface area contributed by atoms with Crippen LogP contribution < -0.4 is 4.74 Å². The fourth-order valence-electron chi connectivity index (χ4n) is 1.37. The van der Waals surface area contributed by atoms with Gasteiger partial charge in [0, 0.05) is 11.5 Å². The van der Waals surface area contributed by atoms with Crippen LogP contribution in [0.2, 0.25) is 4.34 Å². The number of nitrogens with zero attached hydrogens (tertiary/aromatic N) is 2. The Labute approximate surface area is 103 Å². The minimum Gasteiger partial charge on any atom is -0.487 e. The molecule has 1 aromatic carbocycles. The molecule has 0 aliphatic carbocycles. The molecule has 0 aliphatic rings. The molecule has 0 saturated carbocycles. The minimum absolute atomic E-state index is 0.367. The largest absolute Gasteiger partial charge is 0.487 e. The highest BCUT2D eigenvalue weighted by Gasteiger charge is 2.07. The predicted molar refractivity (Wildman–Crippen MR) is 65.1 cm³/mol. The van der Waals surface area contributed by atoms with Crippen molar-refractivity contribution in [2.75, 3.05) is 0 Å². The lowest BCUT2D eigenvalue weighted by Crippen LogP contribution is -1.99. The van der Waals surface area contributed by atoms with Gasteiger partial charge in [-0.15, -0.1) is 5.10 Å². The summed E-state index contributed by atoms with van der Waals surface area (Å²) in [5.41, 5.74) is 1.87. The number of aryl methyl sites for hydroxylation is 1. The molecule has 3 nitrogen and oxygen atoms in total. The van der Waals surface area contributed by atoms with Crippen molar-refractivity contribution in [1.82, 2.24) is 9.59 Å². The monoisotopic (exact) mass is 254 g/mol. The quantitative estimate of drug-likeness (QED) is 0.840. The molecule has 1 heterocycles. The zero-order chi connectivity index (χ0) is 11.4. The summed E-state index contributed by atoms with van der Waals surface area (Å²) in [6.07, 6.45) is 0.944. The number of ether oxygens (including phenoxy) is 1. The van der Waals surface area contributed by atoms with E-state index < -0.39 is 0 Å². The summed E-state index contributed by atoms with van der Waals surface area (Å²) in [5.74, 6) is 0.883. The standard InChI is InChI=1S/C11H11ClN2OS/c1-2-8-5-3-4-6-10(8)15-7-9-11(12)16-14-13-9/h3-6H,2,7H2,1H3. The van der Waals surface area contributed by atoms with Crippen molar-refractivity contribution in [3.05, 3.63) is 39.9 Å². The normalized spacial score (nSPS) is 10.4. The Morgan fingerprint density at radius 2 is 2.19 bits per heavy atom. The molecule has 0 atom stereocenters. The molecule has 16 heavy (non-hydrogen) atoms. The maximum atomic E-state index is 5.89. The highest BCUT2D eigenvalue weighted by molar-refractivity contribution is 7.10. The molecule has 2 aromatic rings. The third kappa shape index (κ3) is 2.51. The van der Waals surface area contributed by atoms with Crippen LogP contribution in [0.15, 0.2) is 24.3 Å². The average Bonchev–Trinajstić information content (AvgIpc) is 2.72. The summed E-state index contributed by atoms with van der Waals surface area (Å²) < 4.78 is 10.0. The summed E-state index contributed by atoms with van der Waals surface area (Å²) in [7, 11) is 0. The first-order valence-corrected chi connectivity index (χ1v) is 6.14. The van der Waals surface area contributed by atoms with Gasteiger partial charge in [0.05, 0.1) is 0 Å². The van der Waals surface area contributed by atoms with Crippen LogP contribution in [0.25, 0.3) is 0 Å². The first-order valence-electron chi connectivity index (χ1n) is 4.98. The molecule has 0 N–H and O–H groups in total. The van der Waals surface area contributed by atoms with E-state index in [4.69, 9.17) is 16.3 Å². The molecule has 0 unspecified atom stereocenters. The molecule has 0 saturated heterocycles. The molecule has 84 valence electrons.